The van der Waals surface area contributed by atoms with Crippen molar-refractivity contribution < 1.29 is 9.53 Å². The molecule has 3 aromatic carbocycles. The molecular weight excluding hydrogens is 508 g/mol. The molecule has 2 aliphatic heterocycles. The third kappa shape index (κ3) is 4.81. The number of nitrogens with zero attached hydrogens (tertiary/aromatic N) is 2. The number of aromatic amines is 1. The fourth-order valence-corrected chi connectivity index (χ4v) is 6.80. The van der Waals surface area contributed by atoms with Crippen molar-refractivity contribution in [3.05, 3.63) is 82.9 Å². The second-order valence-corrected chi connectivity index (χ2v) is 11.8. The molecule has 39 heavy (non-hydrogen) atoms. The highest BCUT2D eigenvalue weighted by molar-refractivity contribution is 6.31. The number of nitrogens with one attached hydrogen (secondary N) is 2. The molecular formula is C32H33ClN4O2. The van der Waals surface area contributed by atoms with Gasteiger partial charge in [0.25, 0.3) is 5.91 Å². The average Bonchev–Trinajstić information content (AvgIpc) is 3.67. The van der Waals surface area contributed by atoms with Gasteiger partial charge in [-0.1, -0.05) is 29.8 Å². The molecule has 200 valence electrons. The van der Waals surface area contributed by atoms with E-state index < -0.39 is 0 Å². The topological polar surface area (TPSA) is 70.2 Å². The Morgan fingerprint density at radius 3 is 2.49 bits per heavy atom. The van der Waals surface area contributed by atoms with Crippen LogP contribution in [0, 0.1) is 5.92 Å². The summed E-state index contributed by atoms with van der Waals surface area (Å²) in [4.78, 5) is 15.9. The Labute approximate surface area is 233 Å². The van der Waals surface area contributed by atoms with Crippen LogP contribution in [-0.2, 0) is 0 Å². The van der Waals surface area contributed by atoms with Crippen LogP contribution >= 0.6 is 11.6 Å². The Bertz CT molecular complexity index is 1500. The first-order valence-electron chi connectivity index (χ1n) is 14.1. The Balaban J connectivity index is 1.09. The molecule has 2 N–H and O–H groups in total. The van der Waals surface area contributed by atoms with Crippen LogP contribution in [0.4, 0.5) is 0 Å². The second-order valence-electron chi connectivity index (χ2n) is 11.4. The van der Waals surface area contributed by atoms with Gasteiger partial charge in [0, 0.05) is 33.6 Å². The number of carbonyl (C=O) groups is 1. The Kier molecular flexibility index (Phi) is 6.32. The quantitative estimate of drug-likeness (QED) is 0.271. The minimum atomic E-state index is -0.100. The van der Waals surface area contributed by atoms with E-state index in [1.54, 1.807) is 0 Å². The van der Waals surface area contributed by atoms with Gasteiger partial charge in [0.15, 0.2) is 0 Å². The Morgan fingerprint density at radius 2 is 1.77 bits per heavy atom. The van der Waals surface area contributed by atoms with E-state index in [-0.39, 0.29) is 18.1 Å². The smallest absolute Gasteiger partial charge is 0.251 e. The van der Waals surface area contributed by atoms with Gasteiger partial charge in [0.1, 0.15) is 11.9 Å². The molecule has 3 fully saturated rings. The summed E-state index contributed by atoms with van der Waals surface area (Å²) < 4.78 is 6.38. The summed E-state index contributed by atoms with van der Waals surface area (Å²) in [5.74, 6) is 1.22. The summed E-state index contributed by atoms with van der Waals surface area (Å²) in [6, 6.07) is 22.9. The van der Waals surface area contributed by atoms with Crippen molar-refractivity contribution in [1.82, 2.24) is 20.4 Å². The fraction of sp³-hybridized carbons (Fsp3) is 0.375. The van der Waals surface area contributed by atoms with Crippen molar-refractivity contribution in [1.29, 1.82) is 0 Å². The molecule has 3 aliphatic rings. The number of aromatic nitrogens is 2. The molecule has 0 radical (unpaired) electrons. The third-order valence-corrected chi connectivity index (χ3v) is 9.28. The molecule has 4 aromatic rings. The standard InChI is InChI=1S/C32H33ClN4O2/c1-37-22-11-12-23(37)18-25(17-22)39-24-13-8-20(9-14-24)31-27-16-21(10-15-29(27)35-36-31)32(38)34-30(19-6-7-19)26-4-2-3-5-28(26)33/h2-5,8-10,13-16,19,22-23,25,30H,6-7,11-12,17-18H2,1H3,(H,34,38)(H,35,36)/t22-,23+,25+,30?. The lowest BCUT2D eigenvalue weighted by Crippen LogP contribution is -2.43. The van der Waals surface area contributed by atoms with E-state index in [4.69, 9.17) is 16.3 Å². The van der Waals surface area contributed by atoms with Gasteiger partial charge < -0.3 is 15.0 Å². The van der Waals surface area contributed by atoms with E-state index in [9.17, 15) is 4.79 Å². The Hall–Kier alpha value is -3.35. The van der Waals surface area contributed by atoms with E-state index in [1.165, 1.54) is 12.8 Å². The first kappa shape index (κ1) is 24.7. The maximum Gasteiger partial charge on any atom is 0.251 e. The van der Waals surface area contributed by atoms with Crippen LogP contribution < -0.4 is 10.1 Å². The van der Waals surface area contributed by atoms with Crippen LogP contribution in [0.1, 0.15) is 60.5 Å². The van der Waals surface area contributed by atoms with Gasteiger partial charge in [-0.15, -0.1) is 0 Å². The minimum absolute atomic E-state index is 0.0852. The third-order valence-electron chi connectivity index (χ3n) is 8.93. The normalized spacial score (nSPS) is 23.6. The van der Waals surface area contributed by atoms with Gasteiger partial charge >= 0.3 is 0 Å². The first-order chi connectivity index (χ1) is 19.0. The summed E-state index contributed by atoms with van der Waals surface area (Å²) in [7, 11) is 2.25. The predicted octanol–water partition coefficient (Wildman–Crippen LogP) is 6.77. The molecule has 1 amide bonds. The van der Waals surface area contributed by atoms with E-state index in [1.807, 2.05) is 54.6 Å². The zero-order valence-electron chi connectivity index (χ0n) is 22.1. The number of hydrogen-bond donors (Lipinski definition) is 2. The number of H-pyrrole nitrogens is 1. The largest absolute Gasteiger partial charge is 0.490 e. The van der Waals surface area contributed by atoms with Crippen LogP contribution in [0.2, 0.25) is 5.02 Å². The molecule has 1 unspecified atom stereocenters. The number of benzene rings is 3. The molecule has 2 bridgehead atoms. The lowest BCUT2D eigenvalue weighted by Gasteiger charge is -2.36. The monoisotopic (exact) mass is 540 g/mol. The van der Waals surface area contributed by atoms with Gasteiger partial charge in [-0.2, -0.15) is 5.10 Å². The summed E-state index contributed by atoms with van der Waals surface area (Å²) in [5, 5.41) is 12.6. The Morgan fingerprint density at radius 1 is 1.03 bits per heavy atom. The maximum atomic E-state index is 13.4. The number of amides is 1. The predicted molar refractivity (Wildman–Crippen MR) is 154 cm³/mol. The highest BCUT2D eigenvalue weighted by atomic mass is 35.5. The highest BCUT2D eigenvalue weighted by Gasteiger charge is 2.39. The number of fused-ring (bicyclic) bond motifs is 3. The number of piperidine rings is 1. The second kappa shape index (κ2) is 10.00. The molecule has 7 heteroatoms. The van der Waals surface area contributed by atoms with Crippen LogP contribution in [0.15, 0.2) is 66.7 Å². The van der Waals surface area contributed by atoms with Gasteiger partial charge in [0.2, 0.25) is 0 Å². The van der Waals surface area contributed by atoms with Crippen LogP contribution in [0.3, 0.4) is 0 Å². The van der Waals surface area contributed by atoms with E-state index in [0.717, 1.165) is 59.2 Å². The molecule has 3 heterocycles. The highest BCUT2D eigenvalue weighted by Crippen LogP contribution is 2.43. The first-order valence-corrected chi connectivity index (χ1v) is 14.4. The van der Waals surface area contributed by atoms with Crippen LogP contribution in [0.5, 0.6) is 5.75 Å². The lowest BCUT2D eigenvalue weighted by molar-refractivity contribution is 0.0662. The molecule has 7 rings (SSSR count). The van der Waals surface area contributed by atoms with E-state index in [2.05, 4.69) is 39.6 Å². The number of hydrogen-bond acceptors (Lipinski definition) is 4. The molecule has 1 saturated carbocycles. The molecule has 1 aromatic heterocycles. The summed E-state index contributed by atoms with van der Waals surface area (Å²) in [6.07, 6.45) is 7.24. The zero-order valence-corrected chi connectivity index (χ0v) is 22.8. The summed E-state index contributed by atoms with van der Waals surface area (Å²) in [6.45, 7) is 0. The van der Waals surface area contributed by atoms with Gasteiger partial charge in [-0.25, -0.2) is 0 Å². The van der Waals surface area contributed by atoms with Crippen molar-refractivity contribution in [2.75, 3.05) is 7.05 Å². The van der Waals surface area contributed by atoms with Gasteiger partial charge in [0.05, 0.1) is 17.3 Å². The van der Waals surface area contributed by atoms with Crippen molar-refractivity contribution >= 4 is 28.4 Å². The maximum absolute atomic E-state index is 13.4. The van der Waals surface area contributed by atoms with Crippen molar-refractivity contribution in [2.45, 2.75) is 62.8 Å². The number of carbonyl (C=O) groups excluding carboxylic acids is 1. The van der Waals surface area contributed by atoms with Crippen molar-refractivity contribution in [2.24, 2.45) is 5.92 Å². The zero-order chi connectivity index (χ0) is 26.5. The average molecular weight is 541 g/mol. The molecule has 6 nitrogen and oxygen atoms in total. The van der Waals surface area contributed by atoms with Crippen LogP contribution in [-0.4, -0.2) is 46.2 Å². The summed E-state index contributed by atoms with van der Waals surface area (Å²) in [5.41, 5.74) is 4.30. The molecule has 0 spiro atoms. The van der Waals surface area contributed by atoms with E-state index in [0.29, 0.717) is 28.6 Å². The van der Waals surface area contributed by atoms with Gasteiger partial charge in [-0.05, 0) is 106 Å². The number of rotatable bonds is 7. The number of halogens is 1. The van der Waals surface area contributed by atoms with E-state index >= 15 is 0 Å². The molecule has 2 saturated heterocycles. The van der Waals surface area contributed by atoms with Crippen molar-refractivity contribution in [3.63, 3.8) is 0 Å². The molecule has 4 atom stereocenters. The molecule has 1 aliphatic carbocycles. The SMILES string of the molecule is CN1[C@@H]2CC[C@H]1C[C@@H](Oc1ccc(-c3n[nH]c4ccc(C(=O)NC(c5ccccc5Cl)C5CC5)cc34)cc1)C2. The lowest BCUT2D eigenvalue weighted by atomic mass is 10.0. The van der Waals surface area contributed by atoms with Crippen molar-refractivity contribution in [3.8, 4) is 17.0 Å². The van der Waals surface area contributed by atoms with Gasteiger partial charge in [-0.3, -0.25) is 9.89 Å². The fourth-order valence-electron chi connectivity index (χ4n) is 6.55. The summed E-state index contributed by atoms with van der Waals surface area (Å²) >= 11 is 6.48. The van der Waals surface area contributed by atoms with Crippen LogP contribution in [0.25, 0.3) is 22.2 Å². The minimum Gasteiger partial charge on any atom is -0.490 e. The number of ether oxygens (including phenoxy) is 1.